The minimum Gasteiger partial charge on any atom is -0.321 e. The maximum Gasteiger partial charge on any atom is 0.278 e. The predicted molar refractivity (Wildman–Crippen MR) is 135 cm³/mol. The molecule has 0 unspecified atom stereocenters. The number of aromatic nitrogens is 7. The van der Waals surface area contributed by atoms with E-state index in [0.29, 0.717) is 23.6 Å². The van der Waals surface area contributed by atoms with Gasteiger partial charge in [-0.15, -0.1) is 0 Å². The van der Waals surface area contributed by atoms with Crippen molar-refractivity contribution in [3.05, 3.63) is 78.1 Å². The molecular weight excluding hydrogens is 458 g/mol. The summed E-state index contributed by atoms with van der Waals surface area (Å²) < 4.78 is 5.11. The standard InChI is InChI=1S/C25H25N9O2/c1-4-32-15-20(23(31-32)25(36)28-17-9-7-6-8-10-17)29-24(35)19-13-22-26-12-11-21(34(22)30-19)18-14-27-33(5-2)16(18)3/h6-15H,4-5H2,1-3H3,(H,28,36)(H,29,35). The molecule has 0 atom stereocenters. The summed E-state index contributed by atoms with van der Waals surface area (Å²) in [4.78, 5) is 30.4. The highest BCUT2D eigenvalue weighted by Crippen LogP contribution is 2.24. The molecule has 11 heteroatoms. The Morgan fingerprint density at radius 1 is 0.972 bits per heavy atom. The van der Waals surface area contributed by atoms with Gasteiger partial charge in [-0.25, -0.2) is 9.50 Å². The van der Waals surface area contributed by atoms with Crippen molar-refractivity contribution >= 4 is 28.8 Å². The molecule has 0 aliphatic carbocycles. The predicted octanol–water partition coefficient (Wildman–Crippen LogP) is 3.64. The zero-order valence-electron chi connectivity index (χ0n) is 20.1. The van der Waals surface area contributed by atoms with Crippen molar-refractivity contribution in [1.29, 1.82) is 0 Å². The van der Waals surface area contributed by atoms with Crippen LogP contribution >= 0.6 is 0 Å². The van der Waals surface area contributed by atoms with Crippen molar-refractivity contribution in [2.24, 2.45) is 0 Å². The maximum absolute atomic E-state index is 13.2. The normalized spacial score (nSPS) is 11.1. The van der Waals surface area contributed by atoms with Crippen molar-refractivity contribution < 1.29 is 9.59 Å². The SMILES string of the molecule is CCn1cc(NC(=O)c2cc3nccc(-c4cnn(CC)c4C)n3n2)c(C(=O)Nc2ccccc2)n1. The first-order valence-electron chi connectivity index (χ1n) is 11.6. The van der Waals surface area contributed by atoms with Crippen molar-refractivity contribution in [3.63, 3.8) is 0 Å². The first-order valence-corrected chi connectivity index (χ1v) is 11.6. The zero-order chi connectivity index (χ0) is 25.2. The smallest absolute Gasteiger partial charge is 0.278 e. The highest BCUT2D eigenvalue weighted by molar-refractivity contribution is 6.11. The minimum atomic E-state index is -0.475. The summed E-state index contributed by atoms with van der Waals surface area (Å²) in [5.41, 5.74) is 4.39. The summed E-state index contributed by atoms with van der Waals surface area (Å²) in [6.45, 7) is 7.20. The lowest BCUT2D eigenvalue weighted by Crippen LogP contribution is -2.18. The molecule has 0 aliphatic heterocycles. The lowest BCUT2D eigenvalue weighted by atomic mass is 10.2. The van der Waals surface area contributed by atoms with Gasteiger partial charge in [-0.1, -0.05) is 18.2 Å². The van der Waals surface area contributed by atoms with Crippen LogP contribution in [0.25, 0.3) is 16.9 Å². The molecule has 5 rings (SSSR count). The van der Waals surface area contributed by atoms with Crippen molar-refractivity contribution in [1.82, 2.24) is 34.2 Å². The first kappa shape index (κ1) is 23.0. The molecule has 0 radical (unpaired) electrons. The molecule has 0 saturated heterocycles. The zero-order valence-corrected chi connectivity index (χ0v) is 20.1. The molecule has 4 aromatic heterocycles. The van der Waals surface area contributed by atoms with E-state index in [9.17, 15) is 9.59 Å². The monoisotopic (exact) mass is 483 g/mol. The van der Waals surface area contributed by atoms with Crippen LogP contribution in [0.1, 0.15) is 40.5 Å². The molecule has 0 saturated carbocycles. The number of amides is 2. The fourth-order valence-electron chi connectivity index (χ4n) is 3.97. The molecule has 1 aromatic carbocycles. The first-order chi connectivity index (χ1) is 17.5. The van der Waals surface area contributed by atoms with Gasteiger partial charge in [0, 0.05) is 48.5 Å². The van der Waals surface area contributed by atoms with E-state index in [1.165, 1.54) is 0 Å². The number of benzene rings is 1. The second kappa shape index (κ2) is 9.45. The summed E-state index contributed by atoms with van der Waals surface area (Å²) in [6, 6.07) is 12.5. The third kappa shape index (κ3) is 4.22. The molecule has 11 nitrogen and oxygen atoms in total. The third-order valence-electron chi connectivity index (χ3n) is 5.85. The number of nitrogens with one attached hydrogen (secondary N) is 2. The summed E-state index contributed by atoms with van der Waals surface area (Å²) in [5, 5.41) is 18.8. The molecule has 4 heterocycles. The number of hydrogen-bond donors (Lipinski definition) is 2. The topological polar surface area (TPSA) is 124 Å². The average molecular weight is 484 g/mol. The number of rotatable bonds is 7. The van der Waals surface area contributed by atoms with Gasteiger partial charge >= 0.3 is 0 Å². The molecule has 0 fully saturated rings. The van der Waals surface area contributed by atoms with E-state index >= 15 is 0 Å². The van der Waals surface area contributed by atoms with Crippen LogP contribution in [0.2, 0.25) is 0 Å². The molecule has 2 N–H and O–H groups in total. The van der Waals surface area contributed by atoms with E-state index in [1.54, 1.807) is 46.0 Å². The molecule has 36 heavy (non-hydrogen) atoms. The molecule has 182 valence electrons. The minimum absolute atomic E-state index is 0.110. The van der Waals surface area contributed by atoms with E-state index in [0.717, 1.165) is 23.5 Å². The molecule has 2 amide bonds. The van der Waals surface area contributed by atoms with E-state index in [2.05, 4.69) is 30.9 Å². The van der Waals surface area contributed by atoms with E-state index < -0.39 is 11.8 Å². The third-order valence-corrected chi connectivity index (χ3v) is 5.85. The number of hydrogen-bond acceptors (Lipinski definition) is 6. The van der Waals surface area contributed by atoms with Crippen molar-refractivity contribution in [3.8, 4) is 11.3 Å². The Balaban J connectivity index is 1.44. The van der Waals surface area contributed by atoms with Gasteiger partial charge in [-0.3, -0.25) is 19.0 Å². The van der Waals surface area contributed by atoms with Gasteiger partial charge in [0.25, 0.3) is 11.8 Å². The van der Waals surface area contributed by atoms with Crippen molar-refractivity contribution in [2.45, 2.75) is 33.9 Å². The Hall–Kier alpha value is -4.80. The van der Waals surface area contributed by atoms with Crippen LogP contribution in [0.15, 0.2) is 61.1 Å². The Labute approximate surface area is 206 Å². The highest BCUT2D eigenvalue weighted by atomic mass is 16.2. The van der Waals surface area contributed by atoms with Crippen LogP contribution in [-0.4, -0.2) is 46.0 Å². The summed E-state index contributed by atoms with van der Waals surface area (Å²) in [7, 11) is 0. The molecule has 0 spiro atoms. The fraction of sp³-hybridized carbons (Fsp3) is 0.200. The van der Waals surface area contributed by atoms with Gasteiger partial charge in [-0.2, -0.15) is 15.3 Å². The van der Waals surface area contributed by atoms with Crippen LogP contribution in [0.4, 0.5) is 11.4 Å². The largest absolute Gasteiger partial charge is 0.321 e. The quantitative estimate of drug-likeness (QED) is 0.364. The summed E-state index contributed by atoms with van der Waals surface area (Å²) in [6.07, 6.45) is 5.08. The van der Waals surface area contributed by atoms with Gasteiger partial charge in [0.05, 0.1) is 17.6 Å². The number of fused-ring (bicyclic) bond motifs is 1. The summed E-state index contributed by atoms with van der Waals surface area (Å²) >= 11 is 0. The Kier molecular flexibility index (Phi) is 6.03. The molecule has 0 bridgehead atoms. The van der Waals surface area contributed by atoms with Crippen LogP contribution in [0.5, 0.6) is 0 Å². The lowest BCUT2D eigenvalue weighted by Gasteiger charge is -2.06. The number of carbonyl (C=O) groups excluding carboxylic acids is 2. The highest BCUT2D eigenvalue weighted by Gasteiger charge is 2.22. The number of nitrogens with zero attached hydrogens (tertiary/aromatic N) is 7. The van der Waals surface area contributed by atoms with E-state index in [-0.39, 0.29) is 11.4 Å². The van der Waals surface area contributed by atoms with E-state index in [1.807, 2.05) is 49.7 Å². The summed E-state index contributed by atoms with van der Waals surface area (Å²) in [5.74, 6) is -0.900. The Morgan fingerprint density at radius 3 is 2.50 bits per heavy atom. The molecular formula is C25H25N9O2. The van der Waals surface area contributed by atoms with Gasteiger partial charge < -0.3 is 10.6 Å². The number of aryl methyl sites for hydroxylation is 2. The van der Waals surface area contributed by atoms with Crippen molar-refractivity contribution in [2.75, 3.05) is 10.6 Å². The van der Waals surface area contributed by atoms with Gasteiger partial charge in [-0.05, 0) is 39.0 Å². The Bertz CT molecular complexity index is 1560. The Morgan fingerprint density at radius 2 is 1.78 bits per heavy atom. The average Bonchev–Trinajstić information content (AvgIpc) is 3.60. The van der Waals surface area contributed by atoms with Crippen LogP contribution in [-0.2, 0) is 13.1 Å². The second-order valence-electron chi connectivity index (χ2n) is 8.11. The van der Waals surface area contributed by atoms with Crippen LogP contribution in [0.3, 0.4) is 0 Å². The van der Waals surface area contributed by atoms with Gasteiger partial charge in [0.15, 0.2) is 17.0 Å². The maximum atomic E-state index is 13.2. The molecule has 0 aliphatic rings. The second-order valence-corrected chi connectivity index (χ2v) is 8.11. The van der Waals surface area contributed by atoms with Crippen LogP contribution < -0.4 is 10.6 Å². The fourth-order valence-corrected chi connectivity index (χ4v) is 3.97. The van der Waals surface area contributed by atoms with Gasteiger partial charge in [0.2, 0.25) is 0 Å². The number of carbonyl (C=O) groups is 2. The lowest BCUT2D eigenvalue weighted by molar-refractivity contribution is 0.102. The molecule has 5 aromatic rings. The number of anilines is 2. The van der Waals surface area contributed by atoms with Gasteiger partial charge in [0.1, 0.15) is 0 Å². The number of para-hydroxylation sites is 1. The van der Waals surface area contributed by atoms with Crippen LogP contribution in [0, 0.1) is 6.92 Å². The van der Waals surface area contributed by atoms with E-state index in [4.69, 9.17) is 0 Å².